The maximum atomic E-state index is 11.7. The smallest absolute Gasteiger partial charge is 0.287 e. The lowest BCUT2D eigenvalue weighted by Crippen LogP contribution is -2.22. The molecule has 0 bridgehead atoms. The van der Waals surface area contributed by atoms with E-state index in [0.29, 0.717) is 18.1 Å². The standard InChI is InChI=1S/C16H17NO4/c1-3-9-17-16(18)15-8-7-14(21-15)11-20-13-6-4-5-12(10-13)19-2/h3-8,10H,1,9,11H2,2H3,(H,17,18). The molecule has 5 heteroatoms. The van der Waals surface area contributed by atoms with Crippen molar-refractivity contribution in [3.05, 3.63) is 60.6 Å². The van der Waals surface area contributed by atoms with Crippen LogP contribution in [-0.4, -0.2) is 19.6 Å². The summed E-state index contributed by atoms with van der Waals surface area (Å²) >= 11 is 0. The van der Waals surface area contributed by atoms with Crippen LogP contribution in [0.25, 0.3) is 0 Å². The van der Waals surface area contributed by atoms with Gasteiger partial charge in [-0.15, -0.1) is 6.58 Å². The van der Waals surface area contributed by atoms with Crippen LogP contribution >= 0.6 is 0 Å². The molecule has 110 valence electrons. The van der Waals surface area contributed by atoms with Crippen molar-refractivity contribution in [1.82, 2.24) is 5.32 Å². The quantitative estimate of drug-likeness (QED) is 0.795. The van der Waals surface area contributed by atoms with Gasteiger partial charge < -0.3 is 19.2 Å². The van der Waals surface area contributed by atoms with E-state index in [-0.39, 0.29) is 18.3 Å². The summed E-state index contributed by atoms with van der Waals surface area (Å²) in [6, 6.07) is 10.6. The molecule has 2 aromatic rings. The lowest BCUT2D eigenvalue weighted by molar-refractivity contribution is 0.0926. The molecule has 0 aliphatic carbocycles. The highest BCUT2D eigenvalue weighted by Gasteiger charge is 2.10. The third kappa shape index (κ3) is 4.14. The monoisotopic (exact) mass is 287 g/mol. The molecule has 0 aliphatic heterocycles. The van der Waals surface area contributed by atoms with E-state index in [1.54, 1.807) is 31.4 Å². The summed E-state index contributed by atoms with van der Waals surface area (Å²) < 4.78 is 16.1. The minimum atomic E-state index is -0.275. The molecule has 0 radical (unpaired) electrons. The fraction of sp³-hybridized carbons (Fsp3) is 0.188. The van der Waals surface area contributed by atoms with Crippen LogP contribution < -0.4 is 14.8 Å². The summed E-state index contributed by atoms with van der Waals surface area (Å²) in [7, 11) is 1.60. The lowest BCUT2D eigenvalue weighted by atomic mass is 10.3. The van der Waals surface area contributed by atoms with Crippen LogP contribution in [0.5, 0.6) is 11.5 Å². The van der Waals surface area contributed by atoms with Crippen molar-refractivity contribution in [1.29, 1.82) is 0 Å². The number of hydrogen-bond donors (Lipinski definition) is 1. The molecule has 21 heavy (non-hydrogen) atoms. The first-order valence-corrected chi connectivity index (χ1v) is 6.47. The fourth-order valence-electron chi connectivity index (χ4n) is 1.67. The summed E-state index contributed by atoms with van der Waals surface area (Å²) in [5.74, 6) is 1.94. The number of methoxy groups -OCH3 is 1. The van der Waals surface area contributed by atoms with Gasteiger partial charge in [-0.3, -0.25) is 4.79 Å². The van der Waals surface area contributed by atoms with Gasteiger partial charge in [-0.25, -0.2) is 0 Å². The number of rotatable bonds is 7. The van der Waals surface area contributed by atoms with Crippen molar-refractivity contribution in [2.24, 2.45) is 0 Å². The zero-order valence-electron chi connectivity index (χ0n) is 11.8. The molecule has 1 heterocycles. The van der Waals surface area contributed by atoms with E-state index in [4.69, 9.17) is 13.9 Å². The zero-order chi connectivity index (χ0) is 15.1. The summed E-state index contributed by atoms with van der Waals surface area (Å²) in [5.41, 5.74) is 0. The Kier molecular flexibility index (Phi) is 5.04. The number of nitrogens with one attached hydrogen (secondary N) is 1. The molecule has 0 atom stereocenters. The zero-order valence-corrected chi connectivity index (χ0v) is 11.8. The Labute approximate surface area is 123 Å². The van der Waals surface area contributed by atoms with Gasteiger partial charge in [0.25, 0.3) is 5.91 Å². The first-order chi connectivity index (χ1) is 10.2. The van der Waals surface area contributed by atoms with Crippen LogP contribution in [0.2, 0.25) is 0 Å². The fourth-order valence-corrected chi connectivity index (χ4v) is 1.67. The highest BCUT2D eigenvalue weighted by atomic mass is 16.5. The number of furan rings is 1. The van der Waals surface area contributed by atoms with Crippen molar-refractivity contribution in [2.45, 2.75) is 6.61 Å². The largest absolute Gasteiger partial charge is 0.497 e. The lowest BCUT2D eigenvalue weighted by Gasteiger charge is -2.06. The Balaban J connectivity index is 1.93. The van der Waals surface area contributed by atoms with E-state index in [9.17, 15) is 4.79 Å². The minimum Gasteiger partial charge on any atom is -0.497 e. The summed E-state index contributed by atoms with van der Waals surface area (Å²) in [5, 5.41) is 2.64. The molecular weight excluding hydrogens is 270 g/mol. The van der Waals surface area contributed by atoms with E-state index in [1.807, 2.05) is 18.2 Å². The molecule has 0 spiro atoms. The van der Waals surface area contributed by atoms with E-state index >= 15 is 0 Å². The third-order valence-electron chi connectivity index (χ3n) is 2.71. The Morgan fingerprint density at radius 3 is 2.90 bits per heavy atom. The molecule has 0 aliphatic rings. The third-order valence-corrected chi connectivity index (χ3v) is 2.71. The molecule has 0 fully saturated rings. The second kappa shape index (κ2) is 7.19. The molecule has 1 aromatic carbocycles. The predicted octanol–water partition coefficient (Wildman–Crippen LogP) is 2.78. The van der Waals surface area contributed by atoms with Crippen molar-refractivity contribution >= 4 is 5.91 Å². The average Bonchev–Trinajstić information content (AvgIpc) is 3.00. The van der Waals surface area contributed by atoms with E-state index in [1.165, 1.54) is 0 Å². The van der Waals surface area contributed by atoms with Crippen LogP contribution in [0.15, 0.2) is 53.5 Å². The molecule has 1 amide bonds. The van der Waals surface area contributed by atoms with Crippen LogP contribution in [0, 0.1) is 0 Å². The highest BCUT2D eigenvalue weighted by molar-refractivity contribution is 5.91. The number of ether oxygens (including phenoxy) is 2. The predicted molar refractivity (Wildman–Crippen MR) is 78.6 cm³/mol. The Morgan fingerprint density at radius 1 is 1.33 bits per heavy atom. The molecule has 0 saturated carbocycles. The maximum absolute atomic E-state index is 11.7. The van der Waals surface area contributed by atoms with E-state index < -0.39 is 0 Å². The number of amides is 1. The Hall–Kier alpha value is -2.69. The SMILES string of the molecule is C=CCNC(=O)c1ccc(COc2cccc(OC)c2)o1. The molecule has 5 nitrogen and oxygen atoms in total. The van der Waals surface area contributed by atoms with Gasteiger partial charge >= 0.3 is 0 Å². The Morgan fingerprint density at radius 2 is 2.14 bits per heavy atom. The summed E-state index contributed by atoms with van der Waals surface area (Å²) in [4.78, 5) is 11.7. The van der Waals surface area contributed by atoms with Crippen molar-refractivity contribution in [3.8, 4) is 11.5 Å². The molecular formula is C16H17NO4. The van der Waals surface area contributed by atoms with Gasteiger partial charge in [0.05, 0.1) is 7.11 Å². The highest BCUT2D eigenvalue weighted by Crippen LogP contribution is 2.20. The summed E-state index contributed by atoms with van der Waals surface area (Å²) in [6.07, 6.45) is 1.60. The van der Waals surface area contributed by atoms with Gasteiger partial charge in [-0.2, -0.15) is 0 Å². The number of benzene rings is 1. The Bertz CT molecular complexity index is 618. The van der Waals surface area contributed by atoms with Gasteiger partial charge in [0.1, 0.15) is 23.9 Å². The van der Waals surface area contributed by atoms with E-state index in [2.05, 4.69) is 11.9 Å². The van der Waals surface area contributed by atoms with Crippen LogP contribution in [0.4, 0.5) is 0 Å². The molecule has 1 N–H and O–H groups in total. The second-order valence-corrected chi connectivity index (χ2v) is 4.23. The van der Waals surface area contributed by atoms with Gasteiger partial charge in [0.15, 0.2) is 5.76 Å². The van der Waals surface area contributed by atoms with Crippen molar-refractivity contribution in [2.75, 3.05) is 13.7 Å². The first kappa shape index (κ1) is 14.7. The minimum absolute atomic E-state index is 0.238. The summed E-state index contributed by atoms with van der Waals surface area (Å²) in [6.45, 7) is 4.17. The number of carbonyl (C=O) groups is 1. The second-order valence-electron chi connectivity index (χ2n) is 4.23. The normalized spacial score (nSPS) is 9.95. The van der Waals surface area contributed by atoms with Gasteiger partial charge in [0, 0.05) is 12.6 Å². The van der Waals surface area contributed by atoms with Gasteiger partial charge in [-0.05, 0) is 24.3 Å². The molecule has 0 saturated heterocycles. The van der Waals surface area contributed by atoms with Crippen LogP contribution in [-0.2, 0) is 6.61 Å². The topological polar surface area (TPSA) is 60.7 Å². The van der Waals surface area contributed by atoms with Crippen LogP contribution in [0.3, 0.4) is 0 Å². The van der Waals surface area contributed by atoms with Crippen molar-refractivity contribution in [3.63, 3.8) is 0 Å². The maximum Gasteiger partial charge on any atom is 0.287 e. The average molecular weight is 287 g/mol. The number of carbonyl (C=O) groups excluding carboxylic acids is 1. The van der Waals surface area contributed by atoms with E-state index in [0.717, 1.165) is 5.75 Å². The van der Waals surface area contributed by atoms with Crippen molar-refractivity contribution < 1.29 is 18.7 Å². The first-order valence-electron chi connectivity index (χ1n) is 6.47. The molecule has 0 unspecified atom stereocenters. The molecule has 2 rings (SSSR count). The van der Waals surface area contributed by atoms with Crippen LogP contribution in [0.1, 0.15) is 16.3 Å². The number of hydrogen-bond acceptors (Lipinski definition) is 4. The van der Waals surface area contributed by atoms with Gasteiger partial charge in [0.2, 0.25) is 0 Å². The molecule has 1 aromatic heterocycles. The van der Waals surface area contributed by atoms with Gasteiger partial charge in [-0.1, -0.05) is 12.1 Å².